The van der Waals surface area contributed by atoms with Gasteiger partial charge in [-0.25, -0.2) is 4.98 Å². The molecule has 2 aromatic rings. The van der Waals surface area contributed by atoms with Crippen molar-refractivity contribution in [3.8, 4) is 0 Å². The molecule has 100 valence electrons. The minimum absolute atomic E-state index is 0.754. The Morgan fingerprint density at radius 1 is 1.32 bits per heavy atom. The molecule has 0 atom stereocenters. The number of nitrogens with zero attached hydrogens (tertiary/aromatic N) is 1. The SMILES string of the molecule is Cc1cc2ccccc2nc1NCCOCC1CC1. The van der Waals surface area contributed by atoms with Crippen LogP contribution in [0.2, 0.25) is 0 Å². The third-order valence-corrected chi connectivity index (χ3v) is 3.50. The van der Waals surface area contributed by atoms with E-state index < -0.39 is 0 Å². The summed E-state index contributed by atoms with van der Waals surface area (Å²) in [6.07, 6.45) is 2.69. The molecule has 0 radical (unpaired) electrons. The largest absolute Gasteiger partial charge is 0.379 e. The quantitative estimate of drug-likeness (QED) is 0.804. The first-order valence-corrected chi connectivity index (χ1v) is 7.01. The second-order valence-electron chi connectivity index (χ2n) is 5.29. The molecule has 1 aliphatic carbocycles. The van der Waals surface area contributed by atoms with Crippen molar-refractivity contribution in [2.75, 3.05) is 25.1 Å². The summed E-state index contributed by atoms with van der Waals surface area (Å²) < 4.78 is 5.62. The first-order chi connectivity index (χ1) is 9.33. The first kappa shape index (κ1) is 12.4. The van der Waals surface area contributed by atoms with Crippen LogP contribution in [-0.4, -0.2) is 24.7 Å². The van der Waals surface area contributed by atoms with Gasteiger partial charge in [-0.15, -0.1) is 0 Å². The van der Waals surface area contributed by atoms with Gasteiger partial charge < -0.3 is 10.1 Å². The van der Waals surface area contributed by atoms with E-state index in [-0.39, 0.29) is 0 Å². The number of hydrogen-bond acceptors (Lipinski definition) is 3. The van der Waals surface area contributed by atoms with E-state index in [9.17, 15) is 0 Å². The molecular formula is C16H20N2O. The summed E-state index contributed by atoms with van der Waals surface area (Å²) in [5, 5.41) is 4.55. The average Bonchev–Trinajstić information content (AvgIpc) is 3.23. The lowest BCUT2D eigenvalue weighted by Crippen LogP contribution is -2.12. The first-order valence-electron chi connectivity index (χ1n) is 7.01. The summed E-state index contributed by atoms with van der Waals surface area (Å²) in [4.78, 5) is 4.65. The Kier molecular flexibility index (Phi) is 3.65. The molecule has 1 aromatic heterocycles. The Balaban J connectivity index is 1.58. The van der Waals surface area contributed by atoms with Crippen LogP contribution in [0, 0.1) is 12.8 Å². The van der Waals surface area contributed by atoms with Gasteiger partial charge in [-0.2, -0.15) is 0 Å². The molecule has 1 heterocycles. The molecule has 1 saturated carbocycles. The molecule has 1 aliphatic rings. The summed E-state index contributed by atoms with van der Waals surface area (Å²) in [5.74, 6) is 1.80. The lowest BCUT2D eigenvalue weighted by molar-refractivity contribution is 0.134. The number of rotatable bonds is 6. The molecule has 0 bridgehead atoms. The van der Waals surface area contributed by atoms with Crippen molar-refractivity contribution >= 4 is 16.7 Å². The molecule has 0 spiro atoms. The number of aromatic nitrogens is 1. The Labute approximate surface area is 114 Å². The van der Waals surface area contributed by atoms with Crippen molar-refractivity contribution in [3.05, 3.63) is 35.9 Å². The van der Waals surface area contributed by atoms with Crippen LogP contribution < -0.4 is 5.32 Å². The predicted molar refractivity (Wildman–Crippen MR) is 78.5 cm³/mol. The number of fused-ring (bicyclic) bond motifs is 1. The van der Waals surface area contributed by atoms with E-state index >= 15 is 0 Å². The lowest BCUT2D eigenvalue weighted by Gasteiger charge is -2.10. The average molecular weight is 256 g/mol. The summed E-state index contributed by atoms with van der Waals surface area (Å²) in [6.45, 7) is 4.59. The second kappa shape index (κ2) is 5.57. The second-order valence-corrected chi connectivity index (χ2v) is 5.29. The smallest absolute Gasteiger partial charge is 0.129 e. The van der Waals surface area contributed by atoms with E-state index in [1.807, 2.05) is 18.2 Å². The zero-order chi connectivity index (χ0) is 13.1. The summed E-state index contributed by atoms with van der Waals surface area (Å²) in [6, 6.07) is 10.4. The molecule has 0 saturated heterocycles. The third kappa shape index (κ3) is 3.24. The van der Waals surface area contributed by atoms with Crippen molar-refractivity contribution < 1.29 is 4.74 Å². The van der Waals surface area contributed by atoms with Crippen LogP contribution in [0.25, 0.3) is 10.9 Å². The molecule has 1 aromatic carbocycles. The van der Waals surface area contributed by atoms with Crippen LogP contribution in [0.15, 0.2) is 30.3 Å². The van der Waals surface area contributed by atoms with E-state index in [0.29, 0.717) is 0 Å². The molecule has 1 N–H and O–H groups in total. The van der Waals surface area contributed by atoms with E-state index in [0.717, 1.165) is 37.0 Å². The fourth-order valence-corrected chi connectivity index (χ4v) is 2.18. The number of pyridine rings is 1. The van der Waals surface area contributed by atoms with Gasteiger partial charge in [0, 0.05) is 18.5 Å². The van der Waals surface area contributed by atoms with E-state index in [2.05, 4.69) is 29.4 Å². The molecular weight excluding hydrogens is 236 g/mol. The molecule has 3 nitrogen and oxygen atoms in total. The van der Waals surface area contributed by atoms with E-state index in [1.165, 1.54) is 23.8 Å². The summed E-state index contributed by atoms with van der Waals surface area (Å²) in [5.41, 5.74) is 2.22. The number of para-hydroxylation sites is 1. The van der Waals surface area contributed by atoms with E-state index in [4.69, 9.17) is 4.74 Å². The van der Waals surface area contributed by atoms with Crippen molar-refractivity contribution in [3.63, 3.8) is 0 Å². The number of aryl methyl sites for hydroxylation is 1. The van der Waals surface area contributed by atoms with Crippen LogP contribution in [0.4, 0.5) is 5.82 Å². The molecule has 0 unspecified atom stereocenters. The molecule has 3 rings (SSSR count). The van der Waals surface area contributed by atoms with Crippen LogP contribution in [0.5, 0.6) is 0 Å². The molecule has 19 heavy (non-hydrogen) atoms. The Morgan fingerprint density at radius 3 is 3.00 bits per heavy atom. The number of hydrogen-bond donors (Lipinski definition) is 1. The maximum absolute atomic E-state index is 5.62. The van der Waals surface area contributed by atoms with Crippen molar-refractivity contribution in [1.82, 2.24) is 4.98 Å². The topological polar surface area (TPSA) is 34.2 Å². The highest BCUT2D eigenvalue weighted by Crippen LogP contribution is 2.28. The van der Waals surface area contributed by atoms with Crippen LogP contribution >= 0.6 is 0 Å². The lowest BCUT2D eigenvalue weighted by atomic mass is 10.1. The number of ether oxygens (including phenoxy) is 1. The zero-order valence-corrected chi connectivity index (χ0v) is 11.4. The number of anilines is 1. The molecule has 1 fully saturated rings. The fourth-order valence-electron chi connectivity index (χ4n) is 2.18. The Hall–Kier alpha value is -1.61. The Morgan fingerprint density at radius 2 is 2.16 bits per heavy atom. The molecule has 3 heteroatoms. The van der Waals surface area contributed by atoms with Gasteiger partial charge in [0.2, 0.25) is 0 Å². The Bertz CT molecular complexity index is 564. The highest BCUT2D eigenvalue weighted by molar-refractivity contribution is 5.81. The summed E-state index contributed by atoms with van der Waals surface area (Å²) in [7, 11) is 0. The monoisotopic (exact) mass is 256 g/mol. The fraction of sp³-hybridized carbons (Fsp3) is 0.438. The van der Waals surface area contributed by atoms with Gasteiger partial charge in [-0.1, -0.05) is 18.2 Å². The van der Waals surface area contributed by atoms with Crippen molar-refractivity contribution in [1.29, 1.82) is 0 Å². The molecule has 0 aliphatic heterocycles. The predicted octanol–water partition coefficient (Wildman–Crippen LogP) is 3.38. The van der Waals surface area contributed by atoms with Gasteiger partial charge >= 0.3 is 0 Å². The maximum Gasteiger partial charge on any atom is 0.129 e. The number of benzene rings is 1. The van der Waals surface area contributed by atoms with Gasteiger partial charge in [0.1, 0.15) is 5.82 Å². The molecule has 0 amide bonds. The van der Waals surface area contributed by atoms with Crippen molar-refractivity contribution in [2.24, 2.45) is 5.92 Å². The van der Waals surface area contributed by atoms with Crippen LogP contribution in [-0.2, 0) is 4.74 Å². The van der Waals surface area contributed by atoms with Crippen LogP contribution in [0.1, 0.15) is 18.4 Å². The minimum atomic E-state index is 0.754. The highest BCUT2D eigenvalue weighted by atomic mass is 16.5. The standard InChI is InChI=1S/C16H20N2O/c1-12-10-14-4-2-3-5-15(14)18-16(12)17-8-9-19-11-13-6-7-13/h2-5,10,13H,6-9,11H2,1H3,(H,17,18). The maximum atomic E-state index is 5.62. The van der Waals surface area contributed by atoms with Gasteiger partial charge in [0.05, 0.1) is 12.1 Å². The van der Waals surface area contributed by atoms with Gasteiger partial charge in [-0.05, 0) is 43.4 Å². The van der Waals surface area contributed by atoms with Gasteiger partial charge in [0.25, 0.3) is 0 Å². The normalized spacial score (nSPS) is 14.8. The minimum Gasteiger partial charge on any atom is -0.379 e. The van der Waals surface area contributed by atoms with Gasteiger partial charge in [0.15, 0.2) is 0 Å². The highest BCUT2D eigenvalue weighted by Gasteiger charge is 2.20. The van der Waals surface area contributed by atoms with Crippen molar-refractivity contribution in [2.45, 2.75) is 19.8 Å². The summed E-state index contributed by atoms with van der Waals surface area (Å²) >= 11 is 0. The third-order valence-electron chi connectivity index (χ3n) is 3.50. The zero-order valence-electron chi connectivity index (χ0n) is 11.4. The van der Waals surface area contributed by atoms with Crippen LogP contribution in [0.3, 0.4) is 0 Å². The number of nitrogens with one attached hydrogen (secondary N) is 1. The van der Waals surface area contributed by atoms with Gasteiger partial charge in [-0.3, -0.25) is 0 Å². The van der Waals surface area contributed by atoms with E-state index in [1.54, 1.807) is 0 Å².